The van der Waals surface area contributed by atoms with Gasteiger partial charge in [-0.15, -0.1) is 0 Å². The van der Waals surface area contributed by atoms with Crippen molar-refractivity contribution in [2.24, 2.45) is 0 Å². The number of rotatable bonds is 3. The molecule has 1 N–H and O–H groups in total. The van der Waals surface area contributed by atoms with Gasteiger partial charge in [-0.2, -0.15) is 0 Å². The van der Waals surface area contributed by atoms with Gasteiger partial charge >= 0.3 is 0 Å². The average Bonchev–Trinajstić information content (AvgIpc) is 2.82. The number of ether oxygens (including phenoxy) is 1. The van der Waals surface area contributed by atoms with Gasteiger partial charge < -0.3 is 9.72 Å². The molecule has 3 rings (SSSR count). The van der Waals surface area contributed by atoms with Crippen molar-refractivity contribution in [3.8, 4) is 5.75 Å². The zero-order valence-electron chi connectivity index (χ0n) is 9.69. The molecule has 0 amide bonds. The van der Waals surface area contributed by atoms with Crippen LogP contribution in [0.25, 0.3) is 10.9 Å². The Balaban J connectivity index is 1.79. The molecule has 0 atom stereocenters. The molecule has 2 nitrogen and oxygen atoms in total. The lowest BCUT2D eigenvalue weighted by molar-refractivity contribution is 0.310. The smallest absolute Gasteiger partial charge is 0.145 e. The molecule has 0 radical (unpaired) electrons. The summed E-state index contributed by atoms with van der Waals surface area (Å²) in [4.78, 5) is 3.20. The number of aromatic nitrogens is 1. The molecule has 0 saturated heterocycles. The van der Waals surface area contributed by atoms with Crippen molar-refractivity contribution in [2.75, 3.05) is 0 Å². The third kappa shape index (κ3) is 2.27. The first-order valence-electron chi connectivity index (χ1n) is 5.76. The number of aromatic amines is 1. The Morgan fingerprint density at radius 2 is 1.78 bits per heavy atom. The Morgan fingerprint density at radius 3 is 2.61 bits per heavy atom. The number of hydrogen-bond donors (Lipinski definition) is 1. The molecule has 0 unspecified atom stereocenters. The van der Waals surface area contributed by atoms with E-state index in [0.29, 0.717) is 6.61 Å². The second-order valence-electron chi connectivity index (χ2n) is 4.11. The third-order valence-corrected chi connectivity index (χ3v) is 3.39. The lowest BCUT2D eigenvalue weighted by atomic mass is 10.2. The van der Waals surface area contributed by atoms with Crippen molar-refractivity contribution in [2.45, 2.75) is 6.61 Å². The topological polar surface area (TPSA) is 25.0 Å². The number of H-pyrrole nitrogens is 1. The minimum atomic E-state index is 0.578. The Morgan fingerprint density at radius 1 is 1.00 bits per heavy atom. The summed E-state index contributed by atoms with van der Waals surface area (Å²) in [6.07, 6.45) is 1.91. The summed E-state index contributed by atoms with van der Waals surface area (Å²) in [6, 6.07) is 16.3. The molecule has 18 heavy (non-hydrogen) atoms. The molecule has 0 aliphatic heterocycles. The molecule has 0 bridgehead atoms. The van der Waals surface area contributed by atoms with Gasteiger partial charge in [0.15, 0.2) is 0 Å². The van der Waals surface area contributed by atoms with E-state index in [2.05, 4.69) is 39.1 Å². The van der Waals surface area contributed by atoms with Gasteiger partial charge in [-0.3, -0.25) is 0 Å². The number of nitrogens with one attached hydrogen (secondary N) is 1. The first kappa shape index (κ1) is 11.4. The normalized spacial score (nSPS) is 10.7. The second-order valence-corrected chi connectivity index (χ2v) is 5.03. The lowest BCUT2D eigenvalue weighted by Crippen LogP contribution is -1.94. The summed E-state index contributed by atoms with van der Waals surface area (Å²) in [5.74, 6) is 0.897. The van der Waals surface area contributed by atoms with Gasteiger partial charge in [0, 0.05) is 21.6 Å². The highest BCUT2D eigenvalue weighted by Crippen LogP contribution is 2.25. The van der Waals surface area contributed by atoms with Crippen LogP contribution in [0.2, 0.25) is 0 Å². The summed E-state index contributed by atoms with van der Waals surface area (Å²) >= 11 is 3.42. The van der Waals surface area contributed by atoms with Crippen LogP contribution in [-0.2, 0) is 6.61 Å². The predicted molar refractivity (Wildman–Crippen MR) is 76.8 cm³/mol. The maximum absolute atomic E-state index is 5.84. The van der Waals surface area contributed by atoms with Crippen LogP contribution in [0.15, 0.2) is 59.2 Å². The standard InChI is InChI=1S/C15H12BrNO/c16-12-7-5-11(6-8-12)10-18-15-9-17-14-4-2-1-3-13(14)15/h1-9,17H,10H2. The molecule has 3 aromatic rings. The number of para-hydroxylation sites is 1. The van der Waals surface area contributed by atoms with Gasteiger partial charge in [0.1, 0.15) is 12.4 Å². The van der Waals surface area contributed by atoms with E-state index in [0.717, 1.165) is 26.7 Å². The molecule has 1 aromatic heterocycles. The highest BCUT2D eigenvalue weighted by Gasteiger charge is 2.03. The fourth-order valence-electron chi connectivity index (χ4n) is 1.91. The van der Waals surface area contributed by atoms with Gasteiger partial charge in [0.05, 0.1) is 0 Å². The van der Waals surface area contributed by atoms with Crippen molar-refractivity contribution in [3.05, 3.63) is 64.8 Å². The molecule has 0 fully saturated rings. The van der Waals surface area contributed by atoms with Gasteiger partial charge in [0.25, 0.3) is 0 Å². The van der Waals surface area contributed by atoms with Crippen LogP contribution in [0.4, 0.5) is 0 Å². The van der Waals surface area contributed by atoms with Crippen LogP contribution in [0, 0.1) is 0 Å². The number of fused-ring (bicyclic) bond motifs is 1. The van der Waals surface area contributed by atoms with E-state index >= 15 is 0 Å². The van der Waals surface area contributed by atoms with Gasteiger partial charge in [-0.25, -0.2) is 0 Å². The van der Waals surface area contributed by atoms with E-state index in [1.165, 1.54) is 0 Å². The third-order valence-electron chi connectivity index (χ3n) is 2.86. The van der Waals surface area contributed by atoms with Gasteiger partial charge in [-0.05, 0) is 29.8 Å². The lowest BCUT2D eigenvalue weighted by Gasteiger charge is -2.05. The van der Waals surface area contributed by atoms with E-state index in [1.807, 2.05) is 36.5 Å². The van der Waals surface area contributed by atoms with E-state index in [4.69, 9.17) is 4.74 Å². The summed E-state index contributed by atoms with van der Waals surface area (Å²) < 4.78 is 6.92. The first-order chi connectivity index (χ1) is 8.83. The fourth-order valence-corrected chi connectivity index (χ4v) is 2.17. The largest absolute Gasteiger partial charge is 0.487 e. The zero-order chi connectivity index (χ0) is 12.4. The fraction of sp³-hybridized carbons (Fsp3) is 0.0667. The van der Waals surface area contributed by atoms with E-state index in [-0.39, 0.29) is 0 Å². The Labute approximate surface area is 114 Å². The molecule has 0 spiro atoms. The van der Waals surface area contributed by atoms with Crippen LogP contribution in [0.5, 0.6) is 5.75 Å². The first-order valence-corrected chi connectivity index (χ1v) is 6.55. The van der Waals surface area contributed by atoms with Crippen LogP contribution in [0.1, 0.15) is 5.56 Å². The van der Waals surface area contributed by atoms with Crippen molar-refractivity contribution >= 4 is 26.8 Å². The van der Waals surface area contributed by atoms with Gasteiger partial charge in [-0.1, -0.05) is 40.2 Å². The summed E-state index contributed by atoms with van der Waals surface area (Å²) in [5, 5.41) is 1.12. The molecule has 0 saturated carbocycles. The predicted octanol–water partition coefficient (Wildman–Crippen LogP) is 4.51. The molecule has 90 valence electrons. The molecule has 0 aliphatic carbocycles. The van der Waals surface area contributed by atoms with Crippen molar-refractivity contribution in [1.29, 1.82) is 0 Å². The minimum Gasteiger partial charge on any atom is -0.487 e. The van der Waals surface area contributed by atoms with Gasteiger partial charge in [0.2, 0.25) is 0 Å². The highest BCUT2D eigenvalue weighted by atomic mass is 79.9. The number of halogens is 1. The summed E-state index contributed by atoms with van der Waals surface area (Å²) in [6.45, 7) is 0.578. The Bertz CT molecular complexity index is 658. The maximum Gasteiger partial charge on any atom is 0.145 e. The van der Waals surface area contributed by atoms with Crippen molar-refractivity contribution in [1.82, 2.24) is 4.98 Å². The van der Waals surface area contributed by atoms with Crippen LogP contribution >= 0.6 is 15.9 Å². The summed E-state index contributed by atoms with van der Waals surface area (Å²) in [5.41, 5.74) is 2.26. The SMILES string of the molecule is Brc1ccc(COc2c[nH]c3ccccc23)cc1. The van der Waals surface area contributed by atoms with Crippen LogP contribution in [-0.4, -0.2) is 4.98 Å². The van der Waals surface area contributed by atoms with Crippen LogP contribution < -0.4 is 4.74 Å². The van der Waals surface area contributed by atoms with E-state index in [1.54, 1.807) is 0 Å². The monoisotopic (exact) mass is 301 g/mol. The van der Waals surface area contributed by atoms with Crippen LogP contribution in [0.3, 0.4) is 0 Å². The van der Waals surface area contributed by atoms with E-state index < -0.39 is 0 Å². The molecule has 1 heterocycles. The second kappa shape index (κ2) is 4.86. The Hall–Kier alpha value is -1.74. The Kier molecular flexibility index (Phi) is 3.07. The molecule has 0 aliphatic rings. The minimum absolute atomic E-state index is 0.578. The maximum atomic E-state index is 5.84. The molecular formula is C15H12BrNO. The quantitative estimate of drug-likeness (QED) is 0.756. The highest BCUT2D eigenvalue weighted by molar-refractivity contribution is 9.10. The average molecular weight is 302 g/mol. The zero-order valence-corrected chi connectivity index (χ0v) is 11.3. The van der Waals surface area contributed by atoms with Crippen molar-refractivity contribution < 1.29 is 4.74 Å². The molecule has 2 aromatic carbocycles. The summed E-state index contributed by atoms with van der Waals surface area (Å²) in [7, 11) is 0. The number of benzene rings is 2. The van der Waals surface area contributed by atoms with Crippen molar-refractivity contribution in [3.63, 3.8) is 0 Å². The molecular weight excluding hydrogens is 290 g/mol. The number of hydrogen-bond acceptors (Lipinski definition) is 1. The molecule has 3 heteroatoms. The van der Waals surface area contributed by atoms with E-state index in [9.17, 15) is 0 Å².